The van der Waals surface area contributed by atoms with Crippen LogP contribution in [0.5, 0.6) is 0 Å². The first kappa shape index (κ1) is 30.7. The summed E-state index contributed by atoms with van der Waals surface area (Å²) in [7, 11) is 0. The van der Waals surface area contributed by atoms with E-state index in [9.17, 15) is 0 Å². The van der Waals surface area contributed by atoms with Gasteiger partial charge in [-0.2, -0.15) is 0 Å². The van der Waals surface area contributed by atoms with Crippen molar-refractivity contribution in [3.63, 3.8) is 0 Å². The summed E-state index contributed by atoms with van der Waals surface area (Å²) in [6.07, 6.45) is 50.7. The average molecular weight is 451 g/mol. The van der Waals surface area contributed by atoms with E-state index in [4.69, 9.17) is 4.74 Å². The van der Waals surface area contributed by atoms with E-state index in [1.165, 1.54) is 89.9 Å². The largest absolute Gasteiger partial charge is 0.473 e. The van der Waals surface area contributed by atoms with Gasteiger partial charge >= 0.3 is 0 Å². The second-order valence-corrected chi connectivity index (χ2v) is 8.30. The normalized spacial score (nSPS) is 13.3. The molecule has 0 unspecified atom stereocenters. The van der Waals surface area contributed by atoms with E-state index >= 15 is 0 Å². The molecule has 0 aromatic carbocycles. The van der Waals surface area contributed by atoms with Gasteiger partial charge in [-0.25, -0.2) is 0 Å². The van der Waals surface area contributed by atoms with E-state index in [-0.39, 0.29) is 0 Å². The van der Waals surface area contributed by atoms with Crippen molar-refractivity contribution < 1.29 is 4.74 Å². The Hall–Kier alpha value is -2.28. The lowest BCUT2D eigenvalue weighted by Gasteiger charge is -1.97. The molecule has 0 N–H and O–H groups in total. The maximum absolute atomic E-state index is 5.31. The van der Waals surface area contributed by atoms with Crippen molar-refractivity contribution in [1.29, 1.82) is 0 Å². The van der Waals surface area contributed by atoms with E-state index in [2.05, 4.69) is 50.3 Å². The van der Waals surface area contributed by atoms with Crippen LogP contribution in [0, 0.1) is 0 Å². The molecule has 184 valence electrons. The van der Waals surface area contributed by atoms with Crippen LogP contribution < -0.4 is 0 Å². The second kappa shape index (κ2) is 29.7. The van der Waals surface area contributed by atoms with Gasteiger partial charge in [-0.15, -0.1) is 0 Å². The first-order valence-electron chi connectivity index (χ1n) is 13.4. The highest BCUT2D eigenvalue weighted by Crippen LogP contribution is 2.08. The number of hydrogen-bond acceptors (Lipinski definition) is 1. The molecular formula is C32H50O. The Morgan fingerprint density at radius 3 is 1.12 bits per heavy atom. The molecule has 33 heavy (non-hydrogen) atoms. The highest BCUT2D eigenvalue weighted by Gasteiger charge is 1.88. The highest BCUT2D eigenvalue weighted by molar-refractivity contribution is 5.16. The second-order valence-electron chi connectivity index (χ2n) is 8.30. The summed E-state index contributed by atoms with van der Waals surface area (Å²) in [5.74, 6) is 0. The molecule has 0 aliphatic heterocycles. The third-order valence-electron chi connectivity index (χ3n) is 5.15. The van der Waals surface area contributed by atoms with Crippen molar-refractivity contribution in [2.45, 2.75) is 104 Å². The Balaban J connectivity index is 3.62. The van der Waals surface area contributed by atoms with E-state index in [1.54, 1.807) is 12.5 Å². The summed E-state index contributed by atoms with van der Waals surface area (Å²) in [6.45, 7) is 4.53. The molecule has 0 aliphatic rings. The van der Waals surface area contributed by atoms with Gasteiger partial charge in [-0.3, -0.25) is 0 Å². The standard InChI is InChI=1S/C32H50O/c1-3-5-7-9-11-13-15-17-19-21-23-25-27-29-31-33-32-30-28-26-24-22-20-18-16-14-12-10-8-6-4-2/h17-32H,3-16H2,1-2H3. The van der Waals surface area contributed by atoms with Crippen molar-refractivity contribution in [3.8, 4) is 0 Å². The predicted molar refractivity (Wildman–Crippen MR) is 150 cm³/mol. The molecule has 0 saturated heterocycles. The molecule has 0 aromatic rings. The van der Waals surface area contributed by atoms with Crippen molar-refractivity contribution in [2.24, 2.45) is 0 Å². The molecule has 0 saturated carbocycles. The first-order valence-corrected chi connectivity index (χ1v) is 13.4. The molecule has 0 radical (unpaired) electrons. The number of allylic oxidation sites excluding steroid dienone is 14. The van der Waals surface area contributed by atoms with Crippen LogP contribution in [-0.4, -0.2) is 0 Å². The number of hydrogen-bond donors (Lipinski definition) is 0. The molecule has 0 atom stereocenters. The van der Waals surface area contributed by atoms with E-state index in [0.717, 1.165) is 0 Å². The summed E-state index contributed by atoms with van der Waals surface area (Å²) in [6, 6.07) is 0. The molecular weight excluding hydrogens is 400 g/mol. The lowest BCUT2D eigenvalue weighted by atomic mass is 10.1. The smallest absolute Gasteiger partial charge is 0.0901 e. The minimum absolute atomic E-state index is 1.18. The maximum Gasteiger partial charge on any atom is 0.0901 e. The molecule has 0 fully saturated rings. The quantitative estimate of drug-likeness (QED) is 0.0905. The van der Waals surface area contributed by atoms with Gasteiger partial charge in [0.05, 0.1) is 12.5 Å². The molecule has 1 nitrogen and oxygen atoms in total. The molecule has 0 spiro atoms. The fourth-order valence-electron chi connectivity index (χ4n) is 3.17. The molecule has 0 aromatic heterocycles. The summed E-state index contributed by atoms with van der Waals surface area (Å²) in [5.41, 5.74) is 0. The van der Waals surface area contributed by atoms with Gasteiger partial charge in [-0.1, -0.05) is 151 Å². The predicted octanol–water partition coefficient (Wildman–Crippen LogP) is 10.9. The Labute approximate surface area is 206 Å². The van der Waals surface area contributed by atoms with Crippen LogP contribution in [0.3, 0.4) is 0 Å². The lowest BCUT2D eigenvalue weighted by molar-refractivity contribution is 0.403. The Bertz CT molecular complexity index is 556. The van der Waals surface area contributed by atoms with E-state index in [1.807, 2.05) is 48.6 Å². The number of unbranched alkanes of at least 4 members (excludes halogenated alkanes) is 12. The average Bonchev–Trinajstić information content (AvgIpc) is 2.83. The van der Waals surface area contributed by atoms with Gasteiger partial charge < -0.3 is 4.74 Å². The minimum atomic E-state index is 1.18. The SMILES string of the molecule is CCCCCCCCC=CC=CC=CC=COC=CC=CC=CC=CCCCCCCCC. The zero-order valence-electron chi connectivity index (χ0n) is 21.5. The fraction of sp³-hybridized carbons (Fsp3) is 0.500. The Kier molecular flexibility index (Phi) is 27.7. The monoisotopic (exact) mass is 450 g/mol. The Morgan fingerprint density at radius 1 is 0.364 bits per heavy atom. The molecule has 1 heteroatoms. The van der Waals surface area contributed by atoms with Crippen LogP contribution in [0.25, 0.3) is 0 Å². The van der Waals surface area contributed by atoms with E-state index in [0.29, 0.717) is 0 Å². The molecule has 0 rings (SSSR count). The number of ether oxygens (including phenoxy) is 1. The van der Waals surface area contributed by atoms with Crippen LogP contribution in [0.4, 0.5) is 0 Å². The van der Waals surface area contributed by atoms with Gasteiger partial charge in [0, 0.05) is 0 Å². The van der Waals surface area contributed by atoms with Gasteiger partial charge in [0.2, 0.25) is 0 Å². The van der Waals surface area contributed by atoms with Crippen molar-refractivity contribution in [1.82, 2.24) is 0 Å². The first-order chi connectivity index (χ1) is 16.4. The van der Waals surface area contributed by atoms with Crippen LogP contribution in [0.2, 0.25) is 0 Å². The molecule has 0 aliphatic carbocycles. The summed E-state index contributed by atoms with van der Waals surface area (Å²) < 4.78 is 5.31. The van der Waals surface area contributed by atoms with Gasteiger partial charge in [0.15, 0.2) is 0 Å². The zero-order valence-corrected chi connectivity index (χ0v) is 21.5. The summed E-state index contributed by atoms with van der Waals surface area (Å²) in [5, 5.41) is 0. The van der Waals surface area contributed by atoms with Crippen LogP contribution in [0.15, 0.2) is 97.6 Å². The van der Waals surface area contributed by atoms with Crippen LogP contribution in [-0.2, 0) is 4.74 Å². The van der Waals surface area contributed by atoms with Gasteiger partial charge in [0.1, 0.15) is 0 Å². The van der Waals surface area contributed by atoms with Crippen molar-refractivity contribution >= 4 is 0 Å². The zero-order chi connectivity index (χ0) is 23.9. The topological polar surface area (TPSA) is 9.23 Å². The maximum atomic E-state index is 5.31. The van der Waals surface area contributed by atoms with E-state index < -0.39 is 0 Å². The fourth-order valence-corrected chi connectivity index (χ4v) is 3.17. The van der Waals surface area contributed by atoms with Gasteiger partial charge in [0.25, 0.3) is 0 Å². The summed E-state index contributed by atoms with van der Waals surface area (Å²) in [4.78, 5) is 0. The lowest BCUT2D eigenvalue weighted by Crippen LogP contribution is -1.77. The molecule has 0 bridgehead atoms. The van der Waals surface area contributed by atoms with Crippen LogP contribution in [0.1, 0.15) is 104 Å². The van der Waals surface area contributed by atoms with Crippen LogP contribution >= 0.6 is 0 Å². The van der Waals surface area contributed by atoms with Gasteiger partial charge in [-0.05, 0) is 37.8 Å². The molecule has 0 amide bonds. The molecule has 0 heterocycles. The van der Waals surface area contributed by atoms with Crippen molar-refractivity contribution in [2.75, 3.05) is 0 Å². The highest BCUT2D eigenvalue weighted by atomic mass is 16.5. The summed E-state index contributed by atoms with van der Waals surface area (Å²) >= 11 is 0. The third kappa shape index (κ3) is 29.7. The third-order valence-corrected chi connectivity index (χ3v) is 5.15. The Morgan fingerprint density at radius 2 is 0.697 bits per heavy atom. The van der Waals surface area contributed by atoms with Crippen molar-refractivity contribution in [3.05, 3.63) is 97.6 Å². The minimum Gasteiger partial charge on any atom is -0.473 e. The number of rotatable bonds is 22.